The summed E-state index contributed by atoms with van der Waals surface area (Å²) in [5.41, 5.74) is 7.55. The van der Waals surface area contributed by atoms with Crippen molar-refractivity contribution in [2.75, 3.05) is 19.8 Å². The molecule has 0 bridgehead atoms. The number of aryl methyl sites for hydroxylation is 1. The van der Waals surface area contributed by atoms with Crippen LogP contribution in [0.3, 0.4) is 0 Å². The van der Waals surface area contributed by atoms with Gasteiger partial charge in [0.1, 0.15) is 5.75 Å². The molecule has 1 rings (SSSR count). The summed E-state index contributed by atoms with van der Waals surface area (Å²) in [6.07, 6.45) is 0. The van der Waals surface area contributed by atoms with Crippen LogP contribution in [0.4, 0.5) is 0 Å². The fourth-order valence-corrected chi connectivity index (χ4v) is 1.83. The fourth-order valence-electron chi connectivity index (χ4n) is 1.83. The summed E-state index contributed by atoms with van der Waals surface area (Å²) < 4.78 is 5.43. The molecule has 1 aromatic carbocycles. The Bertz CT molecular complexity index is 346. The number of rotatable bonds is 5. The largest absolute Gasteiger partial charge is 0.494 e. The lowest BCUT2D eigenvalue weighted by atomic mass is 9.81. The van der Waals surface area contributed by atoms with Crippen LogP contribution in [0.1, 0.15) is 25.0 Å². The van der Waals surface area contributed by atoms with Gasteiger partial charge in [-0.1, -0.05) is 13.0 Å². The first kappa shape index (κ1) is 13.0. The van der Waals surface area contributed by atoms with Crippen molar-refractivity contribution in [3.8, 4) is 5.75 Å². The molecule has 0 radical (unpaired) electrons. The van der Waals surface area contributed by atoms with Crippen molar-refractivity contribution in [3.63, 3.8) is 0 Å². The third-order valence-electron chi connectivity index (χ3n) is 2.96. The summed E-state index contributed by atoms with van der Waals surface area (Å²) in [6.45, 7) is 7.08. The lowest BCUT2D eigenvalue weighted by Gasteiger charge is -2.28. The summed E-state index contributed by atoms with van der Waals surface area (Å²) in [6, 6.07) is 5.90. The van der Waals surface area contributed by atoms with Gasteiger partial charge in [-0.25, -0.2) is 0 Å². The molecule has 1 aromatic rings. The smallest absolute Gasteiger partial charge is 0.119 e. The van der Waals surface area contributed by atoms with E-state index in [1.54, 1.807) is 0 Å². The zero-order chi connectivity index (χ0) is 12.2. The first-order valence-corrected chi connectivity index (χ1v) is 5.62. The minimum absolute atomic E-state index is 0.0539. The Labute approximate surface area is 97.2 Å². The number of ether oxygens (including phenoxy) is 1. The molecule has 3 nitrogen and oxygen atoms in total. The lowest BCUT2D eigenvalue weighted by molar-refractivity contribution is 0.209. The van der Waals surface area contributed by atoms with Gasteiger partial charge in [-0.3, -0.25) is 0 Å². The Morgan fingerprint density at radius 3 is 2.56 bits per heavy atom. The van der Waals surface area contributed by atoms with Crippen molar-refractivity contribution in [2.45, 2.75) is 26.2 Å². The predicted octanol–water partition coefficient (Wildman–Crippen LogP) is 1.60. The molecule has 1 atom stereocenters. The van der Waals surface area contributed by atoms with Crippen LogP contribution in [0.2, 0.25) is 0 Å². The monoisotopic (exact) mass is 223 g/mol. The average Bonchev–Trinajstić information content (AvgIpc) is 2.29. The number of aliphatic hydroxyl groups excluding tert-OH is 1. The molecule has 0 aliphatic heterocycles. The van der Waals surface area contributed by atoms with E-state index >= 15 is 0 Å². The second-order valence-corrected chi connectivity index (χ2v) is 4.33. The van der Waals surface area contributed by atoms with Crippen LogP contribution >= 0.6 is 0 Å². The van der Waals surface area contributed by atoms with Crippen LogP contribution < -0.4 is 10.5 Å². The Morgan fingerprint density at radius 1 is 1.44 bits per heavy atom. The fraction of sp³-hybridized carbons (Fsp3) is 0.538. The van der Waals surface area contributed by atoms with E-state index < -0.39 is 0 Å². The first-order valence-electron chi connectivity index (χ1n) is 5.62. The lowest BCUT2D eigenvalue weighted by Crippen LogP contribution is -2.36. The summed E-state index contributed by atoms with van der Waals surface area (Å²) in [5, 5.41) is 9.42. The van der Waals surface area contributed by atoms with E-state index in [1.807, 2.05) is 39.0 Å². The van der Waals surface area contributed by atoms with Crippen molar-refractivity contribution >= 4 is 0 Å². The van der Waals surface area contributed by atoms with Gasteiger partial charge in [-0.05, 0) is 37.1 Å². The van der Waals surface area contributed by atoms with Gasteiger partial charge in [0, 0.05) is 12.0 Å². The maximum absolute atomic E-state index is 9.42. The van der Waals surface area contributed by atoms with Crippen molar-refractivity contribution in [1.29, 1.82) is 0 Å². The van der Waals surface area contributed by atoms with E-state index in [2.05, 4.69) is 0 Å². The van der Waals surface area contributed by atoms with Crippen LogP contribution in [-0.2, 0) is 5.41 Å². The predicted molar refractivity (Wildman–Crippen MR) is 65.8 cm³/mol. The van der Waals surface area contributed by atoms with Crippen molar-refractivity contribution in [2.24, 2.45) is 5.73 Å². The van der Waals surface area contributed by atoms with E-state index in [-0.39, 0.29) is 12.0 Å². The highest BCUT2D eigenvalue weighted by Gasteiger charge is 2.25. The molecule has 0 aliphatic carbocycles. The van der Waals surface area contributed by atoms with Gasteiger partial charge < -0.3 is 15.6 Å². The quantitative estimate of drug-likeness (QED) is 0.797. The number of aliphatic hydroxyl groups is 1. The van der Waals surface area contributed by atoms with Gasteiger partial charge in [-0.2, -0.15) is 0 Å². The molecule has 0 spiro atoms. The minimum Gasteiger partial charge on any atom is -0.494 e. The number of hydrogen-bond donors (Lipinski definition) is 2. The van der Waals surface area contributed by atoms with Crippen LogP contribution in [0, 0.1) is 6.92 Å². The van der Waals surface area contributed by atoms with E-state index in [9.17, 15) is 5.11 Å². The number of nitrogens with two attached hydrogens (primary N) is 1. The standard InChI is InChI=1S/C13H21NO2/c1-4-16-11-5-6-12(10(2)7-11)13(3,8-14)9-15/h5-7,15H,4,8-9,14H2,1-3H3. The summed E-state index contributed by atoms with van der Waals surface area (Å²) in [5.74, 6) is 0.862. The molecular formula is C13H21NO2. The molecule has 0 aromatic heterocycles. The number of hydrogen-bond acceptors (Lipinski definition) is 3. The highest BCUT2D eigenvalue weighted by Crippen LogP contribution is 2.28. The highest BCUT2D eigenvalue weighted by atomic mass is 16.5. The molecule has 0 saturated heterocycles. The van der Waals surface area contributed by atoms with Crippen molar-refractivity contribution in [1.82, 2.24) is 0 Å². The van der Waals surface area contributed by atoms with E-state index in [4.69, 9.17) is 10.5 Å². The molecule has 3 N–H and O–H groups in total. The zero-order valence-electron chi connectivity index (χ0n) is 10.3. The molecule has 90 valence electrons. The molecule has 16 heavy (non-hydrogen) atoms. The summed E-state index contributed by atoms with van der Waals surface area (Å²) in [7, 11) is 0. The average molecular weight is 223 g/mol. The van der Waals surface area contributed by atoms with Crippen molar-refractivity contribution in [3.05, 3.63) is 29.3 Å². The van der Waals surface area contributed by atoms with Gasteiger partial charge in [0.25, 0.3) is 0 Å². The second kappa shape index (κ2) is 5.32. The molecule has 0 fully saturated rings. The van der Waals surface area contributed by atoms with E-state index in [0.717, 1.165) is 16.9 Å². The molecule has 0 heterocycles. The first-order chi connectivity index (χ1) is 7.57. The molecule has 0 amide bonds. The normalized spacial score (nSPS) is 14.6. The SMILES string of the molecule is CCOc1ccc(C(C)(CN)CO)c(C)c1. The van der Waals surface area contributed by atoms with Gasteiger partial charge in [-0.15, -0.1) is 0 Å². The Morgan fingerprint density at radius 2 is 2.12 bits per heavy atom. The maximum atomic E-state index is 9.42. The van der Waals surface area contributed by atoms with E-state index in [1.165, 1.54) is 0 Å². The molecule has 3 heteroatoms. The van der Waals surface area contributed by atoms with Crippen LogP contribution in [0.5, 0.6) is 5.75 Å². The van der Waals surface area contributed by atoms with Gasteiger partial charge in [0.15, 0.2) is 0 Å². The van der Waals surface area contributed by atoms with Crippen LogP contribution in [0.25, 0.3) is 0 Å². The van der Waals surface area contributed by atoms with Gasteiger partial charge >= 0.3 is 0 Å². The molecule has 0 saturated carbocycles. The zero-order valence-corrected chi connectivity index (χ0v) is 10.3. The summed E-state index contributed by atoms with van der Waals surface area (Å²) in [4.78, 5) is 0. The van der Waals surface area contributed by atoms with Crippen molar-refractivity contribution < 1.29 is 9.84 Å². The Hall–Kier alpha value is -1.06. The minimum atomic E-state index is -0.366. The second-order valence-electron chi connectivity index (χ2n) is 4.33. The van der Waals surface area contributed by atoms with E-state index in [0.29, 0.717) is 13.2 Å². The molecular weight excluding hydrogens is 202 g/mol. The third kappa shape index (κ3) is 2.54. The molecule has 0 aliphatic rings. The van der Waals surface area contributed by atoms with Gasteiger partial charge in [0.2, 0.25) is 0 Å². The third-order valence-corrected chi connectivity index (χ3v) is 2.96. The van der Waals surface area contributed by atoms with Crippen LogP contribution in [0.15, 0.2) is 18.2 Å². The Balaban J connectivity index is 3.07. The molecule has 1 unspecified atom stereocenters. The highest BCUT2D eigenvalue weighted by molar-refractivity contribution is 5.39. The maximum Gasteiger partial charge on any atom is 0.119 e. The summed E-state index contributed by atoms with van der Waals surface area (Å²) >= 11 is 0. The number of benzene rings is 1. The van der Waals surface area contributed by atoms with Crippen LogP contribution in [-0.4, -0.2) is 24.9 Å². The van der Waals surface area contributed by atoms with Gasteiger partial charge in [0.05, 0.1) is 13.2 Å². The topological polar surface area (TPSA) is 55.5 Å². The Kier molecular flexibility index (Phi) is 4.33.